The molecule has 2 nitrogen and oxygen atoms in total. The second-order valence-corrected chi connectivity index (χ2v) is 4.46. The first-order valence-electron chi connectivity index (χ1n) is 6.04. The SMILES string of the molecule is OC(CCCCCCCC(O)C(F)(F)F)C(F)(F)F. The lowest BCUT2D eigenvalue weighted by Gasteiger charge is -2.14. The maximum Gasteiger partial charge on any atom is 0.414 e. The lowest BCUT2D eigenvalue weighted by Crippen LogP contribution is -2.28. The molecule has 0 heterocycles. The molecule has 8 heteroatoms. The van der Waals surface area contributed by atoms with Gasteiger partial charge in [-0.15, -0.1) is 0 Å². The van der Waals surface area contributed by atoms with E-state index in [0.29, 0.717) is 19.3 Å². The highest BCUT2D eigenvalue weighted by atomic mass is 19.4. The Hall–Kier alpha value is -0.500. The summed E-state index contributed by atoms with van der Waals surface area (Å²) in [5.74, 6) is 0. The highest BCUT2D eigenvalue weighted by Gasteiger charge is 2.38. The average Bonchev–Trinajstić information content (AvgIpc) is 2.24. The fourth-order valence-corrected chi connectivity index (χ4v) is 1.53. The van der Waals surface area contributed by atoms with Crippen LogP contribution in [0.5, 0.6) is 0 Å². The predicted molar refractivity (Wildman–Crippen MR) is 56.4 cm³/mol. The van der Waals surface area contributed by atoms with Crippen LogP contribution in [0.1, 0.15) is 44.9 Å². The van der Waals surface area contributed by atoms with Crippen LogP contribution < -0.4 is 0 Å². The zero-order valence-electron chi connectivity index (χ0n) is 10.3. The van der Waals surface area contributed by atoms with Crippen molar-refractivity contribution in [3.63, 3.8) is 0 Å². The smallest absolute Gasteiger partial charge is 0.384 e. The summed E-state index contributed by atoms with van der Waals surface area (Å²) in [4.78, 5) is 0. The number of alkyl halides is 6. The number of hydrogen-bond donors (Lipinski definition) is 2. The van der Waals surface area contributed by atoms with Crippen molar-refractivity contribution >= 4 is 0 Å². The number of aliphatic hydroxyl groups is 2. The number of rotatable bonds is 8. The van der Waals surface area contributed by atoms with Gasteiger partial charge in [0.2, 0.25) is 0 Å². The van der Waals surface area contributed by atoms with Gasteiger partial charge in [-0.05, 0) is 12.8 Å². The third-order valence-corrected chi connectivity index (χ3v) is 2.71. The highest BCUT2D eigenvalue weighted by Crippen LogP contribution is 2.25. The molecule has 2 unspecified atom stereocenters. The van der Waals surface area contributed by atoms with E-state index in [2.05, 4.69) is 0 Å². The van der Waals surface area contributed by atoms with Gasteiger partial charge in [0.05, 0.1) is 0 Å². The quantitative estimate of drug-likeness (QED) is 0.531. The van der Waals surface area contributed by atoms with Gasteiger partial charge in [-0.2, -0.15) is 26.3 Å². The second kappa shape index (κ2) is 7.94. The lowest BCUT2D eigenvalue weighted by molar-refractivity contribution is -0.205. The molecule has 0 aromatic carbocycles. The second-order valence-electron chi connectivity index (χ2n) is 4.46. The monoisotopic (exact) mass is 296 g/mol. The Morgan fingerprint density at radius 1 is 0.579 bits per heavy atom. The zero-order valence-corrected chi connectivity index (χ0v) is 10.3. The average molecular weight is 296 g/mol. The summed E-state index contributed by atoms with van der Waals surface area (Å²) in [6, 6.07) is 0. The van der Waals surface area contributed by atoms with E-state index in [4.69, 9.17) is 10.2 Å². The highest BCUT2D eigenvalue weighted by molar-refractivity contribution is 4.66. The molecule has 0 aliphatic rings. The number of hydrogen-bond acceptors (Lipinski definition) is 2. The number of unbranched alkanes of at least 4 members (excludes halogenated alkanes) is 4. The summed E-state index contributed by atoms with van der Waals surface area (Å²) in [7, 11) is 0. The van der Waals surface area contributed by atoms with Gasteiger partial charge in [-0.1, -0.05) is 32.1 Å². The molecule has 0 bridgehead atoms. The van der Waals surface area contributed by atoms with E-state index in [1.807, 2.05) is 0 Å². The lowest BCUT2D eigenvalue weighted by atomic mass is 10.1. The topological polar surface area (TPSA) is 40.5 Å². The van der Waals surface area contributed by atoms with E-state index in [1.165, 1.54) is 0 Å². The van der Waals surface area contributed by atoms with Gasteiger partial charge in [0.15, 0.2) is 0 Å². The molecule has 0 saturated carbocycles. The van der Waals surface area contributed by atoms with E-state index >= 15 is 0 Å². The Balaban J connectivity index is 3.47. The van der Waals surface area contributed by atoms with Crippen molar-refractivity contribution in [1.82, 2.24) is 0 Å². The van der Waals surface area contributed by atoms with Crippen molar-refractivity contribution < 1.29 is 36.6 Å². The molecule has 0 saturated heterocycles. The molecule has 0 radical (unpaired) electrons. The van der Waals surface area contributed by atoms with Gasteiger partial charge < -0.3 is 10.2 Å². The van der Waals surface area contributed by atoms with Crippen LogP contribution in [0.4, 0.5) is 26.3 Å². The van der Waals surface area contributed by atoms with Crippen molar-refractivity contribution in [1.29, 1.82) is 0 Å². The Labute approximate surface area is 107 Å². The first-order chi connectivity index (χ1) is 8.55. The van der Waals surface area contributed by atoms with Crippen LogP contribution in [0.2, 0.25) is 0 Å². The molecule has 0 aromatic rings. The summed E-state index contributed by atoms with van der Waals surface area (Å²) in [5, 5.41) is 17.3. The minimum atomic E-state index is -4.61. The van der Waals surface area contributed by atoms with E-state index in [9.17, 15) is 26.3 Å². The first-order valence-corrected chi connectivity index (χ1v) is 6.04. The Morgan fingerprint density at radius 2 is 0.842 bits per heavy atom. The van der Waals surface area contributed by atoms with Crippen molar-refractivity contribution in [2.24, 2.45) is 0 Å². The van der Waals surface area contributed by atoms with Crippen LogP contribution in [0.3, 0.4) is 0 Å². The predicted octanol–water partition coefficient (Wildman–Crippen LogP) is 3.56. The minimum Gasteiger partial charge on any atom is -0.384 e. The maximum atomic E-state index is 11.9. The van der Waals surface area contributed by atoms with E-state index in [1.54, 1.807) is 0 Å². The van der Waals surface area contributed by atoms with E-state index < -0.39 is 37.4 Å². The van der Waals surface area contributed by atoms with Gasteiger partial charge in [0.25, 0.3) is 0 Å². The molecule has 0 spiro atoms. The summed E-state index contributed by atoms with van der Waals surface area (Å²) < 4.78 is 71.4. The van der Waals surface area contributed by atoms with Crippen LogP contribution >= 0.6 is 0 Å². The Bertz CT molecular complexity index is 214. The van der Waals surface area contributed by atoms with Gasteiger partial charge in [-0.3, -0.25) is 0 Å². The van der Waals surface area contributed by atoms with Crippen molar-refractivity contribution in [3.8, 4) is 0 Å². The fraction of sp³-hybridized carbons (Fsp3) is 1.00. The molecule has 0 aromatic heterocycles. The van der Waals surface area contributed by atoms with Gasteiger partial charge in [-0.25, -0.2) is 0 Å². The van der Waals surface area contributed by atoms with Gasteiger partial charge in [0, 0.05) is 0 Å². The van der Waals surface area contributed by atoms with Crippen molar-refractivity contribution in [3.05, 3.63) is 0 Å². The third kappa shape index (κ3) is 9.10. The summed E-state index contributed by atoms with van der Waals surface area (Å²) in [6.07, 6.45) is -13.0. The normalized spacial score (nSPS) is 16.4. The van der Waals surface area contributed by atoms with Gasteiger partial charge >= 0.3 is 12.4 Å². The Morgan fingerprint density at radius 3 is 1.11 bits per heavy atom. The van der Waals surface area contributed by atoms with Crippen LogP contribution in [0, 0.1) is 0 Å². The zero-order chi connectivity index (χ0) is 15.1. The Kier molecular flexibility index (Phi) is 7.73. The number of aliphatic hydroxyl groups excluding tert-OH is 2. The fourth-order valence-electron chi connectivity index (χ4n) is 1.53. The number of halogens is 6. The molecular weight excluding hydrogens is 278 g/mol. The largest absolute Gasteiger partial charge is 0.414 e. The summed E-state index contributed by atoms with van der Waals surface area (Å²) in [6.45, 7) is 0. The molecule has 2 atom stereocenters. The van der Waals surface area contributed by atoms with Crippen LogP contribution in [0.25, 0.3) is 0 Å². The molecule has 116 valence electrons. The first kappa shape index (κ1) is 18.5. The molecule has 2 N–H and O–H groups in total. The maximum absolute atomic E-state index is 11.9. The molecule has 0 amide bonds. The summed E-state index contributed by atoms with van der Waals surface area (Å²) in [5.41, 5.74) is 0. The van der Waals surface area contributed by atoms with Crippen LogP contribution in [-0.2, 0) is 0 Å². The van der Waals surface area contributed by atoms with Gasteiger partial charge in [0.1, 0.15) is 12.2 Å². The molecule has 19 heavy (non-hydrogen) atoms. The van der Waals surface area contributed by atoms with Crippen molar-refractivity contribution in [2.75, 3.05) is 0 Å². The molecule has 0 fully saturated rings. The van der Waals surface area contributed by atoms with E-state index in [-0.39, 0.29) is 12.8 Å². The van der Waals surface area contributed by atoms with Crippen molar-refractivity contribution in [2.45, 2.75) is 69.5 Å². The standard InChI is InChI=1S/C11H18F6O2/c12-10(13,14)8(18)6-4-2-1-3-5-7-9(19)11(15,16)17/h8-9,18-19H,1-7H2. The van der Waals surface area contributed by atoms with Crippen LogP contribution in [-0.4, -0.2) is 34.8 Å². The molecule has 0 aliphatic carbocycles. The molecular formula is C11H18F6O2. The minimum absolute atomic E-state index is 0.169. The van der Waals surface area contributed by atoms with E-state index in [0.717, 1.165) is 0 Å². The molecule has 0 aliphatic heterocycles. The summed E-state index contributed by atoms with van der Waals surface area (Å²) >= 11 is 0. The third-order valence-electron chi connectivity index (χ3n) is 2.71. The molecule has 0 rings (SSSR count). The van der Waals surface area contributed by atoms with Crippen LogP contribution in [0.15, 0.2) is 0 Å².